The smallest absolute Gasteiger partial charge is 0.281 e. The molecule has 4 nitrogen and oxygen atoms in total. The number of pyridine rings is 1. The zero-order valence-electron chi connectivity index (χ0n) is 9.15. The van der Waals surface area contributed by atoms with Gasteiger partial charge in [0, 0.05) is 12.4 Å². The van der Waals surface area contributed by atoms with Crippen LogP contribution < -0.4 is 0 Å². The highest BCUT2D eigenvalue weighted by Crippen LogP contribution is 2.48. The number of rotatable bonds is 2. The Hall–Kier alpha value is -1.43. The van der Waals surface area contributed by atoms with E-state index < -0.39 is 27.5 Å². The molecule has 0 saturated carbocycles. The van der Waals surface area contributed by atoms with Crippen LogP contribution in [0.2, 0.25) is 0 Å². The number of alkyl halides is 7. The standard InChI is InChI=1S/C5H5N.C3HF7O3S/c1-2-4-6-5-3-1;4-1(5,2(6,7)8)3(9,10)14(11,12)13/h1-5H;(H,11,12,13). The zero-order valence-corrected chi connectivity index (χ0v) is 9.97. The van der Waals surface area contributed by atoms with E-state index in [9.17, 15) is 39.2 Å². The van der Waals surface area contributed by atoms with Crippen molar-refractivity contribution in [3.8, 4) is 0 Å². The van der Waals surface area contributed by atoms with Crippen LogP contribution in [0.1, 0.15) is 0 Å². The lowest BCUT2D eigenvalue weighted by molar-refractivity contribution is -0.333. The van der Waals surface area contributed by atoms with Crippen LogP contribution in [0.25, 0.3) is 0 Å². The summed E-state index contributed by atoms with van der Waals surface area (Å²) in [6, 6.07) is 5.72. The molecule has 0 saturated heterocycles. The Morgan fingerprint density at radius 2 is 1.25 bits per heavy atom. The molecule has 20 heavy (non-hydrogen) atoms. The van der Waals surface area contributed by atoms with E-state index >= 15 is 0 Å². The van der Waals surface area contributed by atoms with E-state index in [4.69, 9.17) is 4.55 Å². The normalized spacial score (nSPS) is 13.4. The molecule has 0 spiro atoms. The predicted molar refractivity (Wildman–Crippen MR) is 51.7 cm³/mol. The molecule has 0 aliphatic carbocycles. The molecule has 12 heteroatoms. The summed E-state index contributed by atoms with van der Waals surface area (Å²) in [5, 5.41) is -6.61. The maximum absolute atomic E-state index is 11.9. The molecule has 0 bridgehead atoms. The lowest BCUT2D eigenvalue weighted by Gasteiger charge is -2.25. The average molecular weight is 329 g/mol. The van der Waals surface area contributed by atoms with Gasteiger partial charge in [-0.15, -0.1) is 0 Å². The van der Waals surface area contributed by atoms with Crippen molar-refractivity contribution in [2.75, 3.05) is 0 Å². The number of hydrogen-bond donors (Lipinski definition) is 1. The molecular weight excluding hydrogens is 323 g/mol. The minimum atomic E-state index is -6.85. The third kappa shape index (κ3) is 4.03. The van der Waals surface area contributed by atoms with Crippen LogP contribution >= 0.6 is 0 Å². The summed E-state index contributed by atoms with van der Waals surface area (Å²) in [4.78, 5) is 3.78. The number of aromatic nitrogens is 1. The summed E-state index contributed by atoms with van der Waals surface area (Å²) in [5.41, 5.74) is 0. The minimum Gasteiger partial charge on any atom is -0.281 e. The molecule has 116 valence electrons. The van der Waals surface area contributed by atoms with E-state index in [1.54, 1.807) is 12.4 Å². The highest BCUT2D eigenvalue weighted by Gasteiger charge is 2.78. The van der Waals surface area contributed by atoms with Gasteiger partial charge in [0.2, 0.25) is 0 Å². The van der Waals surface area contributed by atoms with E-state index in [0.717, 1.165) is 0 Å². The lowest BCUT2D eigenvalue weighted by Crippen LogP contribution is -2.55. The molecule has 0 fully saturated rings. The largest absolute Gasteiger partial charge is 0.461 e. The maximum atomic E-state index is 11.9. The second-order valence-electron chi connectivity index (χ2n) is 3.09. The lowest BCUT2D eigenvalue weighted by atomic mass is 10.3. The van der Waals surface area contributed by atoms with E-state index in [2.05, 4.69) is 4.98 Å². The van der Waals surface area contributed by atoms with Crippen molar-refractivity contribution >= 4 is 10.1 Å². The van der Waals surface area contributed by atoms with Gasteiger partial charge in [-0.2, -0.15) is 39.2 Å². The van der Waals surface area contributed by atoms with Gasteiger partial charge in [0.1, 0.15) is 0 Å². The van der Waals surface area contributed by atoms with Gasteiger partial charge in [0.25, 0.3) is 0 Å². The molecule has 1 N–H and O–H groups in total. The van der Waals surface area contributed by atoms with Crippen LogP contribution in [0.4, 0.5) is 30.7 Å². The van der Waals surface area contributed by atoms with Crippen molar-refractivity contribution in [3.05, 3.63) is 30.6 Å². The van der Waals surface area contributed by atoms with Crippen LogP contribution in [-0.2, 0) is 10.1 Å². The van der Waals surface area contributed by atoms with Gasteiger partial charge in [0.15, 0.2) is 0 Å². The van der Waals surface area contributed by atoms with E-state index in [-0.39, 0.29) is 0 Å². The molecule has 0 radical (unpaired) electrons. The third-order valence-corrected chi connectivity index (χ3v) is 2.52. The second kappa shape index (κ2) is 5.91. The molecule has 0 unspecified atom stereocenters. The van der Waals surface area contributed by atoms with Gasteiger partial charge >= 0.3 is 27.5 Å². The Labute approximate surface area is 108 Å². The van der Waals surface area contributed by atoms with E-state index in [1.165, 1.54) is 0 Å². The van der Waals surface area contributed by atoms with Crippen molar-refractivity contribution in [3.63, 3.8) is 0 Å². The molecule has 1 rings (SSSR count). The Morgan fingerprint density at radius 1 is 0.850 bits per heavy atom. The zero-order chi connectivity index (χ0) is 16.2. The first-order chi connectivity index (χ1) is 8.75. The first-order valence-electron chi connectivity index (χ1n) is 4.39. The topological polar surface area (TPSA) is 67.3 Å². The van der Waals surface area contributed by atoms with Gasteiger partial charge in [-0.25, -0.2) is 0 Å². The maximum Gasteiger partial charge on any atom is 0.461 e. The Bertz CT molecular complexity index is 488. The van der Waals surface area contributed by atoms with Crippen LogP contribution in [-0.4, -0.2) is 35.3 Å². The first-order valence-corrected chi connectivity index (χ1v) is 5.83. The number of hydrogen-bond acceptors (Lipinski definition) is 3. The molecule has 0 aliphatic rings. The molecule has 0 atom stereocenters. The third-order valence-electron chi connectivity index (χ3n) is 1.61. The van der Waals surface area contributed by atoms with Gasteiger partial charge < -0.3 is 0 Å². The Kier molecular flexibility index (Phi) is 5.49. The average Bonchev–Trinajstić information content (AvgIpc) is 2.29. The van der Waals surface area contributed by atoms with Crippen molar-refractivity contribution in [2.45, 2.75) is 17.4 Å². The van der Waals surface area contributed by atoms with E-state index in [0.29, 0.717) is 0 Å². The molecule has 1 aromatic heterocycles. The van der Waals surface area contributed by atoms with Crippen LogP contribution in [0.15, 0.2) is 30.6 Å². The first kappa shape index (κ1) is 18.6. The SMILES string of the molecule is O=S(=O)(O)C(F)(F)C(F)(F)C(F)(F)F.c1ccncc1. The summed E-state index contributed by atoms with van der Waals surface area (Å²) >= 11 is 0. The summed E-state index contributed by atoms with van der Waals surface area (Å²) in [7, 11) is -6.85. The molecular formula is C8H6F7NO3S. The van der Waals surface area contributed by atoms with Gasteiger partial charge in [0.05, 0.1) is 0 Å². The van der Waals surface area contributed by atoms with Crippen molar-refractivity contribution in [1.29, 1.82) is 0 Å². The summed E-state index contributed by atoms with van der Waals surface area (Å²) in [5.74, 6) is -6.85. The summed E-state index contributed by atoms with van der Waals surface area (Å²) in [6.45, 7) is 0. The van der Waals surface area contributed by atoms with Gasteiger partial charge in [-0.1, -0.05) is 6.07 Å². The fourth-order valence-corrected chi connectivity index (χ4v) is 1.08. The highest BCUT2D eigenvalue weighted by atomic mass is 32.2. The Balaban J connectivity index is 0.000000493. The van der Waals surface area contributed by atoms with Crippen molar-refractivity contribution in [2.24, 2.45) is 0 Å². The van der Waals surface area contributed by atoms with Crippen molar-refractivity contribution < 1.29 is 43.7 Å². The molecule has 1 heterocycles. The van der Waals surface area contributed by atoms with Crippen LogP contribution in [0.3, 0.4) is 0 Å². The van der Waals surface area contributed by atoms with E-state index in [1.807, 2.05) is 18.2 Å². The highest BCUT2D eigenvalue weighted by molar-refractivity contribution is 7.87. The Morgan fingerprint density at radius 3 is 1.35 bits per heavy atom. The fraction of sp³-hybridized carbons (Fsp3) is 0.375. The summed E-state index contributed by atoms with van der Waals surface area (Å²) in [6.07, 6.45) is -3.29. The minimum absolute atomic E-state index is 1.75. The predicted octanol–water partition coefficient (Wildman–Crippen LogP) is 2.75. The quantitative estimate of drug-likeness (QED) is 0.669. The van der Waals surface area contributed by atoms with Crippen LogP contribution in [0, 0.1) is 0 Å². The van der Waals surface area contributed by atoms with Crippen molar-refractivity contribution in [1.82, 2.24) is 4.98 Å². The molecule has 0 aliphatic heterocycles. The van der Waals surface area contributed by atoms with Crippen LogP contribution in [0.5, 0.6) is 0 Å². The molecule has 0 aromatic carbocycles. The second-order valence-corrected chi connectivity index (χ2v) is 4.55. The number of halogens is 7. The van der Waals surface area contributed by atoms with Gasteiger partial charge in [-0.05, 0) is 12.1 Å². The van der Waals surface area contributed by atoms with Gasteiger partial charge in [-0.3, -0.25) is 9.54 Å². The monoisotopic (exact) mass is 329 g/mol. The number of nitrogens with zero attached hydrogens (tertiary/aromatic N) is 1. The fourth-order valence-electron chi connectivity index (χ4n) is 0.640. The summed E-state index contributed by atoms with van der Waals surface area (Å²) < 4.78 is 108. The molecule has 0 amide bonds. The molecule has 1 aromatic rings.